The Bertz CT molecular complexity index is 1270. The molecule has 0 bridgehead atoms. The first kappa shape index (κ1) is 20.8. The number of rotatable bonds is 6. The van der Waals surface area contributed by atoms with E-state index in [-0.39, 0.29) is 12.7 Å². The summed E-state index contributed by atoms with van der Waals surface area (Å²) in [6.07, 6.45) is 0.637. The van der Waals surface area contributed by atoms with E-state index in [1.54, 1.807) is 32.4 Å². The summed E-state index contributed by atoms with van der Waals surface area (Å²) >= 11 is 0. The first-order valence-electron chi connectivity index (χ1n) is 10.7. The van der Waals surface area contributed by atoms with E-state index in [9.17, 15) is 9.59 Å². The molecule has 0 aliphatic carbocycles. The normalized spacial score (nSPS) is 17.3. The van der Waals surface area contributed by atoms with E-state index in [1.807, 2.05) is 59.6 Å². The lowest BCUT2D eigenvalue weighted by molar-refractivity contribution is -0.114. The molecular weight excluding hydrogens is 418 g/mol. The number of anilines is 1. The summed E-state index contributed by atoms with van der Waals surface area (Å²) < 4.78 is 10.8. The molecule has 0 radical (unpaired) electrons. The molecule has 2 aliphatic rings. The number of fused-ring (bicyclic) bond motifs is 1. The molecule has 0 saturated carbocycles. The SMILES string of the molecule is COc1cccc(C2=NN(CN3C(=O)C(=O)c4ccccc43)C(c3cccc(OC)c3)C2)c1. The number of methoxy groups -OCH3 is 2. The summed E-state index contributed by atoms with van der Waals surface area (Å²) in [7, 11) is 3.27. The largest absolute Gasteiger partial charge is 0.497 e. The van der Waals surface area contributed by atoms with Gasteiger partial charge in [-0.15, -0.1) is 0 Å². The van der Waals surface area contributed by atoms with Crippen molar-refractivity contribution in [2.45, 2.75) is 12.5 Å². The van der Waals surface area contributed by atoms with Crippen LogP contribution in [0.3, 0.4) is 0 Å². The standard InChI is InChI=1S/C26H23N3O4/c1-32-19-9-5-7-17(13-19)22-15-24(18-8-6-10-20(14-18)33-2)29(27-22)16-28-23-12-4-3-11-21(23)25(30)26(28)31/h3-14,24H,15-16H2,1-2H3. The molecule has 1 atom stereocenters. The summed E-state index contributed by atoms with van der Waals surface area (Å²) in [6, 6.07) is 22.5. The molecule has 5 rings (SSSR count). The molecule has 0 aromatic heterocycles. The van der Waals surface area contributed by atoms with Gasteiger partial charge in [0, 0.05) is 12.0 Å². The highest BCUT2D eigenvalue weighted by Crippen LogP contribution is 2.37. The van der Waals surface area contributed by atoms with Gasteiger partial charge in [0.15, 0.2) is 0 Å². The molecule has 166 valence electrons. The summed E-state index contributed by atoms with van der Waals surface area (Å²) in [5.74, 6) is 0.478. The van der Waals surface area contributed by atoms with Crippen LogP contribution in [-0.4, -0.2) is 43.3 Å². The Balaban J connectivity index is 1.52. The predicted molar refractivity (Wildman–Crippen MR) is 125 cm³/mol. The zero-order valence-electron chi connectivity index (χ0n) is 18.4. The van der Waals surface area contributed by atoms with E-state index in [0.717, 1.165) is 28.3 Å². The lowest BCUT2D eigenvalue weighted by Gasteiger charge is -2.28. The van der Waals surface area contributed by atoms with Crippen LogP contribution in [0.1, 0.15) is 33.9 Å². The summed E-state index contributed by atoms with van der Waals surface area (Å²) in [5, 5.41) is 6.76. The molecule has 1 amide bonds. The summed E-state index contributed by atoms with van der Waals surface area (Å²) in [6.45, 7) is 0.164. The van der Waals surface area contributed by atoms with Crippen LogP contribution in [0.25, 0.3) is 0 Å². The van der Waals surface area contributed by atoms with Gasteiger partial charge in [-0.05, 0) is 42.0 Å². The topological polar surface area (TPSA) is 71.4 Å². The second-order valence-corrected chi connectivity index (χ2v) is 7.94. The first-order chi connectivity index (χ1) is 16.1. The molecule has 2 heterocycles. The minimum absolute atomic E-state index is 0.128. The third-order valence-corrected chi connectivity index (χ3v) is 6.04. The van der Waals surface area contributed by atoms with E-state index in [0.29, 0.717) is 17.7 Å². The molecule has 0 spiro atoms. The number of ketones is 1. The van der Waals surface area contributed by atoms with Gasteiger partial charge in [-0.2, -0.15) is 5.10 Å². The molecular formula is C26H23N3O4. The van der Waals surface area contributed by atoms with Gasteiger partial charge in [-0.3, -0.25) is 19.5 Å². The average Bonchev–Trinajstić information content (AvgIpc) is 3.40. The second-order valence-electron chi connectivity index (χ2n) is 7.94. The Kier molecular flexibility index (Phi) is 5.30. The number of carbonyl (C=O) groups is 2. The lowest BCUT2D eigenvalue weighted by atomic mass is 9.98. The maximum atomic E-state index is 12.8. The summed E-state index contributed by atoms with van der Waals surface area (Å²) in [4.78, 5) is 26.8. The van der Waals surface area contributed by atoms with Crippen molar-refractivity contribution in [3.63, 3.8) is 0 Å². The van der Waals surface area contributed by atoms with Crippen molar-refractivity contribution >= 4 is 23.1 Å². The van der Waals surface area contributed by atoms with E-state index >= 15 is 0 Å². The smallest absolute Gasteiger partial charge is 0.301 e. The van der Waals surface area contributed by atoms with Crippen LogP contribution in [0.15, 0.2) is 77.9 Å². The fraction of sp³-hybridized carbons (Fsp3) is 0.192. The van der Waals surface area contributed by atoms with Crippen LogP contribution < -0.4 is 14.4 Å². The molecule has 7 nitrogen and oxygen atoms in total. The molecule has 2 aliphatic heterocycles. The molecule has 0 N–H and O–H groups in total. The number of nitrogens with zero attached hydrogens (tertiary/aromatic N) is 3. The van der Waals surface area contributed by atoms with E-state index < -0.39 is 11.7 Å². The van der Waals surface area contributed by atoms with Crippen molar-refractivity contribution in [1.29, 1.82) is 0 Å². The van der Waals surface area contributed by atoms with E-state index in [4.69, 9.17) is 14.6 Å². The van der Waals surface area contributed by atoms with Crippen molar-refractivity contribution < 1.29 is 19.1 Å². The second kappa shape index (κ2) is 8.43. The monoisotopic (exact) mass is 441 g/mol. The van der Waals surface area contributed by atoms with E-state index in [1.165, 1.54) is 4.90 Å². The highest BCUT2D eigenvalue weighted by Gasteiger charge is 2.39. The lowest BCUT2D eigenvalue weighted by Crippen LogP contribution is -2.39. The minimum Gasteiger partial charge on any atom is -0.497 e. The highest BCUT2D eigenvalue weighted by atomic mass is 16.5. The Labute approximate surface area is 191 Å². The molecule has 1 unspecified atom stereocenters. The van der Waals surface area contributed by atoms with Crippen molar-refractivity contribution in [3.05, 3.63) is 89.5 Å². The number of Topliss-reactive ketones (excluding diaryl/α,β-unsaturated/α-hetero) is 1. The van der Waals surface area contributed by atoms with Crippen LogP contribution in [0, 0.1) is 0 Å². The number of carbonyl (C=O) groups excluding carboxylic acids is 2. The van der Waals surface area contributed by atoms with Gasteiger partial charge in [0.1, 0.15) is 18.2 Å². The number of para-hydroxylation sites is 1. The van der Waals surface area contributed by atoms with Gasteiger partial charge in [-0.1, -0.05) is 36.4 Å². The Morgan fingerprint density at radius 3 is 2.42 bits per heavy atom. The molecule has 3 aromatic carbocycles. The Morgan fingerprint density at radius 1 is 0.909 bits per heavy atom. The van der Waals surface area contributed by atoms with Crippen molar-refractivity contribution in [1.82, 2.24) is 5.01 Å². The number of ether oxygens (including phenoxy) is 2. The average molecular weight is 441 g/mol. The minimum atomic E-state index is -0.536. The van der Waals surface area contributed by atoms with Crippen molar-refractivity contribution in [3.8, 4) is 11.5 Å². The fourth-order valence-corrected chi connectivity index (χ4v) is 4.33. The van der Waals surface area contributed by atoms with Crippen LogP contribution in [0.2, 0.25) is 0 Å². The fourth-order valence-electron chi connectivity index (χ4n) is 4.33. The van der Waals surface area contributed by atoms with Gasteiger partial charge < -0.3 is 9.47 Å². The zero-order chi connectivity index (χ0) is 22.9. The third kappa shape index (κ3) is 3.71. The van der Waals surface area contributed by atoms with Gasteiger partial charge >= 0.3 is 5.91 Å². The third-order valence-electron chi connectivity index (χ3n) is 6.04. The zero-order valence-corrected chi connectivity index (χ0v) is 18.4. The Morgan fingerprint density at radius 2 is 1.64 bits per heavy atom. The first-order valence-corrected chi connectivity index (χ1v) is 10.7. The van der Waals surface area contributed by atoms with Crippen LogP contribution in [-0.2, 0) is 4.79 Å². The van der Waals surface area contributed by atoms with E-state index in [2.05, 4.69) is 0 Å². The maximum absolute atomic E-state index is 12.8. The van der Waals surface area contributed by atoms with Crippen LogP contribution in [0.4, 0.5) is 5.69 Å². The van der Waals surface area contributed by atoms with Crippen LogP contribution in [0.5, 0.6) is 11.5 Å². The quantitative estimate of drug-likeness (QED) is 0.540. The Hall–Kier alpha value is -4.13. The summed E-state index contributed by atoms with van der Waals surface area (Å²) in [5.41, 5.74) is 3.89. The molecule has 0 saturated heterocycles. The molecule has 7 heteroatoms. The number of hydrogen-bond acceptors (Lipinski definition) is 6. The maximum Gasteiger partial charge on any atom is 0.301 e. The van der Waals surface area contributed by atoms with Crippen LogP contribution >= 0.6 is 0 Å². The van der Waals surface area contributed by atoms with Gasteiger partial charge in [0.25, 0.3) is 5.78 Å². The molecule has 33 heavy (non-hydrogen) atoms. The number of hydrazone groups is 1. The van der Waals surface area contributed by atoms with Gasteiger partial charge in [-0.25, -0.2) is 0 Å². The predicted octanol–water partition coefficient (Wildman–Crippen LogP) is 4.04. The molecule has 3 aromatic rings. The molecule has 0 fully saturated rings. The number of benzene rings is 3. The number of hydrogen-bond donors (Lipinski definition) is 0. The van der Waals surface area contributed by atoms with Gasteiger partial charge in [0.2, 0.25) is 0 Å². The van der Waals surface area contributed by atoms with Crippen molar-refractivity contribution in [2.75, 3.05) is 25.8 Å². The van der Waals surface area contributed by atoms with Crippen molar-refractivity contribution in [2.24, 2.45) is 5.10 Å². The van der Waals surface area contributed by atoms with Gasteiger partial charge in [0.05, 0.1) is 37.2 Å². The number of amides is 1. The highest BCUT2D eigenvalue weighted by molar-refractivity contribution is 6.52.